The molecule has 29 heavy (non-hydrogen) atoms. The number of hydrogen-bond donors (Lipinski definition) is 2. The fourth-order valence-electron chi connectivity index (χ4n) is 2.60. The molecule has 0 heterocycles. The number of benzene rings is 1. The van der Waals surface area contributed by atoms with Crippen LogP contribution >= 0.6 is 0 Å². The molecule has 1 aromatic rings. The van der Waals surface area contributed by atoms with Crippen LogP contribution in [0.4, 0.5) is 0 Å². The van der Waals surface area contributed by atoms with Gasteiger partial charge >= 0.3 is 0 Å². The summed E-state index contributed by atoms with van der Waals surface area (Å²) in [6.07, 6.45) is 1.26. The predicted octanol–water partition coefficient (Wildman–Crippen LogP) is 1.35. The maximum absolute atomic E-state index is 12.2. The van der Waals surface area contributed by atoms with Gasteiger partial charge in [0, 0.05) is 41.9 Å². The Morgan fingerprint density at radius 1 is 1.31 bits per heavy atom. The average molecular weight is 407 g/mol. The summed E-state index contributed by atoms with van der Waals surface area (Å²) >= 11 is 0. The Hall–Kier alpha value is -3.31. The third kappa shape index (κ3) is 6.36. The van der Waals surface area contributed by atoms with Gasteiger partial charge in [-0.1, -0.05) is 12.1 Å². The van der Waals surface area contributed by atoms with Crippen LogP contribution in [0.5, 0.6) is 5.75 Å². The van der Waals surface area contributed by atoms with E-state index in [-0.39, 0.29) is 24.2 Å². The van der Waals surface area contributed by atoms with Gasteiger partial charge in [-0.3, -0.25) is 25.0 Å². The van der Waals surface area contributed by atoms with Crippen molar-refractivity contribution in [3.05, 3.63) is 73.5 Å². The van der Waals surface area contributed by atoms with E-state index in [0.717, 1.165) is 12.2 Å². The number of nitrogens with one attached hydrogen (secondary N) is 1. The monoisotopic (exact) mass is 407 g/mol. The number of nitrogens with zero attached hydrogens (tertiary/aromatic N) is 2. The van der Waals surface area contributed by atoms with E-state index < -0.39 is 28.1 Å². The molecule has 1 aromatic carbocycles. The first-order chi connectivity index (χ1) is 13.8. The lowest BCUT2D eigenvalue weighted by atomic mass is 10.00. The number of hydrogen-bond acceptors (Lipinski definition) is 8. The summed E-state index contributed by atoms with van der Waals surface area (Å²) in [6.45, 7) is 0.514. The molecule has 156 valence electrons. The summed E-state index contributed by atoms with van der Waals surface area (Å²) in [6, 6.07) is 5.36. The van der Waals surface area contributed by atoms with Crippen LogP contribution in [0.2, 0.25) is 0 Å². The minimum absolute atomic E-state index is 0.0992. The highest BCUT2D eigenvalue weighted by Gasteiger charge is 2.32. The van der Waals surface area contributed by atoms with Gasteiger partial charge in [-0.2, -0.15) is 0 Å². The fourth-order valence-corrected chi connectivity index (χ4v) is 2.60. The molecule has 0 saturated heterocycles. The lowest BCUT2D eigenvalue weighted by Gasteiger charge is -2.13. The summed E-state index contributed by atoms with van der Waals surface area (Å²) in [4.78, 5) is 32.6. The molecule has 1 amide bonds. The molecule has 2 rings (SSSR count). The Balaban J connectivity index is 1.80. The van der Waals surface area contributed by atoms with E-state index in [0.29, 0.717) is 24.3 Å². The van der Waals surface area contributed by atoms with Crippen LogP contribution in [-0.2, 0) is 9.53 Å². The van der Waals surface area contributed by atoms with Gasteiger partial charge < -0.3 is 19.9 Å². The second-order valence-electron chi connectivity index (χ2n) is 6.19. The number of aliphatic hydroxyl groups excluding tert-OH is 1. The standard InChI is InChI=1S/C18H21N3O8/c1-28-18(23)12-3-5-16(6-4-12)29-8-2-7-19-17(22)13-9-14(20(24)25)11-15(10-13)21(26)27/h3-6,9-10,14,18,23H,2,7-8,11H2,1H3,(H,19,22). The topological polar surface area (TPSA) is 154 Å². The van der Waals surface area contributed by atoms with Crippen molar-refractivity contribution < 1.29 is 29.2 Å². The van der Waals surface area contributed by atoms with Gasteiger partial charge in [0.25, 0.3) is 11.6 Å². The van der Waals surface area contributed by atoms with Crippen LogP contribution in [0.3, 0.4) is 0 Å². The normalized spacial score (nSPS) is 17.0. The van der Waals surface area contributed by atoms with Crippen molar-refractivity contribution in [2.24, 2.45) is 0 Å². The van der Waals surface area contributed by atoms with Crippen molar-refractivity contribution in [3.63, 3.8) is 0 Å². The molecule has 0 spiro atoms. The molecule has 2 atom stereocenters. The third-order valence-electron chi connectivity index (χ3n) is 4.14. The quantitative estimate of drug-likeness (QED) is 0.255. The molecule has 11 nitrogen and oxygen atoms in total. The van der Waals surface area contributed by atoms with Crippen molar-refractivity contribution in [1.29, 1.82) is 0 Å². The highest BCUT2D eigenvalue weighted by Crippen LogP contribution is 2.21. The van der Waals surface area contributed by atoms with E-state index in [4.69, 9.17) is 9.47 Å². The molecular formula is C18H21N3O8. The maximum Gasteiger partial charge on any atom is 0.254 e. The Kier molecular flexibility index (Phi) is 7.80. The van der Waals surface area contributed by atoms with E-state index in [9.17, 15) is 30.1 Å². The van der Waals surface area contributed by atoms with E-state index in [1.807, 2.05) is 0 Å². The molecule has 0 saturated carbocycles. The van der Waals surface area contributed by atoms with Crippen LogP contribution < -0.4 is 10.1 Å². The first-order valence-corrected chi connectivity index (χ1v) is 8.74. The Labute approximate surface area is 165 Å². The molecule has 0 fully saturated rings. The van der Waals surface area contributed by atoms with Crippen LogP contribution in [0.1, 0.15) is 24.7 Å². The molecule has 0 bridgehead atoms. The molecule has 0 radical (unpaired) electrons. The second kappa shape index (κ2) is 10.3. The Bertz CT molecular complexity index is 819. The van der Waals surface area contributed by atoms with Crippen LogP contribution in [0, 0.1) is 20.2 Å². The molecule has 0 aliphatic heterocycles. The highest BCUT2D eigenvalue weighted by atomic mass is 16.6. The van der Waals surface area contributed by atoms with Crippen LogP contribution in [0.25, 0.3) is 0 Å². The lowest BCUT2D eigenvalue weighted by molar-refractivity contribution is -0.518. The van der Waals surface area contributed by atoms with Crippen molar-refractivity contribution in [1.82, 2.24) is 5.32 Å². The predicted molar refractivity (Wildman–Crippen MR) is 100 cm³/mol. The number of carbonyl (C=O) groups is 1. The number of nitro groups is 2. The Morgan fingerprint density at radius 2 is 2.00 bits per heavy atom. The van der Waals surface area contributed by atoms with Gasteiger partial charge in [-0.25, -0.2) is 0 Å². The van der Waals surface area contributed by atoms with Crippen molar-refractivity contribution in [2.75, 3.05) is 20.3 Å². The zero-order valence-corrected chi connectivity index (χ0v) is 15.6. The highest BCUT2D eigenvalue weighted by molar-refractivity contribution is 5.96. The summed E-state index contributed by atoms with van der Waals surface area (Å²) < 4.78 is 10.3. The molecule has 11 heteroatoms. The van der Waals surface area contributed by atoms with Crippen molar-refractivity contribution in [2.45, 2.75) is 25.2 Å². The molecule has 0 aromatic heterocycles. The minimum atomic E-state index is -1.30. The lowest BCUT2D eigenvalue weighted by Crippen LogP contribution is -2.30. The summed E-state index contributed by atoms with van der Waals surface area (Å²) in [5.41, 5.74) is 0.116. The van der Waals surface area contributed by atoms with Gasteiger partial charge in [0.15, 0.2) is 6.29 Å². The van der Waals surface area contributed by atoms with Gasteiger partial charge in [-0.05, 0) is 18.6 Å². The third-order valence-corrected chi connectivity index (χ3v) is 4.14. The fraction of sp³-hybridized carbons (Fsp3) is 0.389. The number of methoxy groups -OCH3 is 1. The van der Waals surface area contributed by atoms with E-state index in [1.54, 1.807) is 24.3 Å². The van der Waals surface area contributed by atoms with E-state index in [1.165, 1.54) is 7.11 Å². The molecule has 2 unspecified atom stereocenters. The number of aliphatic hydroxyl groups is 1. The number of carbonyl (C=O) groups excluding carboxylic acids is 1. The van der Waals surface area contributed by atoms with Crippen LogP contribution in [0.15, 0.2) is 47.7 Å². The Morgan fingerprint density at radius 3 is 2.59 bits per heavy atom. The molecule has 1 aliphatic carbocycles. The van der Waals surface area contributed by atoms with E-state index in [2.05, 4.69) is 5.32 Å². The zero-order valence-electron chi connectivity index (χ0n) is 15.6. The zero-order chi connectivity index (χ0) is 21.4. The molecule has 1 aliphatic rings. The maximum atomic E-state index is 12.2. The number of amides is 1. The van der Waals surface area contributed by atoms with Crippen molar-refractivity contribution >= 4 is 5.91 Å². The summed E-state index contributed by atoms with van der Waals surface area (Å²) in [5, 5.41) is 34.0. The second-order valence-corrected chi connectivity index (χ2v) is 6.19. The minimum Gasteiger partial charge on any atom is -0.494 e. The van der Waals surface area contributed by atoms with E-state index >= 15 is 0 Å². The molecular weight excluding hydrogens is 386 g/mol. The first-order valence-electron chi connectivity index (χ1n) is 8.74. The first kappa shape index (κ1) is 22.0. The number of rotatable bonds is 10. The SMILES string of the molecule is COC(O)c1ccc(OCCCNC(=O)C2=CC([N+](=O)[O-])CC([N+](=O)[O-])=C2)cc1. The smallest absolute Gasteiger partial charge is 0.254 e. The van der Waals surface area contributed by atoms with Gasteiger partial charge in [0.05, 0.1) is 11.5 Å². The summed E-state index contributed by atoms with van der Waals surface area (Å²) in [7, 11) is 1.39. The summed E-state index contributed by atoms with van der Waals surface area (Å²) in [5.74, 6) is -0.0421. The van der Waals surface area contributed by atoms with Crippen LogP contribution in [-0.4, -0.2) is 47.2 Å². The number of ether oxygens (including phenoxy) is 2. The van der Waals surface area contributed by atoms with Gasteiger partial charge in [-0.15, -0.1) is 0 Å². The van der Waals surface area contributed by atoms with Gasteiger partial charge in [0.2, 0.25) is 6.04 Å². The molecule has 2 N–H and O–H groups in total. The largest absolute Gasteiger partial charge is 0.494 e. The van der Waals surface area contributed by atoms with Crippen molar-refractivity contribution in [3.8, 4) is 5.75 Å². The average Bonchev–Trinajstić information content (AvgIpc) is 2.72. The van der Waals surface area contributed by atoms with Gasteiger partial charge in [0.1, 0.15) is 12.2 Å².